The second kappa shape index (κ2) is 9.44. The predicted molar refractivity (Wildman–Crippen MR) is 127 cm³/mol. The first-order valence-corrected chi connectivity index (χ1v) is 10.5. The fraction of sp³-hybridized carbons (Fsp3) is 0.269. The molecule has 0 aliphatic carbocycles. The molecule has 0 spiro atoms. The maximum absolute atomic E-state index is 12.8. The summed E-state index contributed by atoms with van der Waals surface area (Å²) in [5.74, 6) is 1.21. The number of carbonyl (C=O) groups is 1. The van der Waals surface area contributed by atoms with Crippen molar-refractivity contribution in [3.8, 4) is 11.5 Å². The third-order valence-electron chi connectivity index (χ3n) is 5.11. The van der Waals surface area contributed by atoms with E-state index in [4.69, 9.17) is 21.1 Å². The minimum Gasteiger partial charge on any atom is -0.496 e. The number of rotatable bonds is 6. The van der Waals surface area contributed by atoms with Crippen LogP contribution in [-0.2, 0) is 12.0 Å². The molecule has 0 fully saturated rings. The van der Waals surface area contributed by atoms with E-state index in [-0.39, 0.29) is 17.9 Å². The molecule has 0 saturated carbocycles. The minimum absolute atomic E-state index is 0.0881. The topological polar surface area (TPSA) is 47.6 Å². The van der Waals surface area contributed by atoms with E-state index in [1.807, 2.05) is 25.1 Å². The third-order valence-corrected chi connectivity index (χ3v) is 5.34. The van der Waals surface area contributed by atoms with Gasteiger partial charge in [-0.2, -0.15) is 0 Å². The molecule has 1 N–H and O–H groups in total. The van der Waals surface area contributed by atoms with E-state index in [0.717, 1.165) is 16.9 Å². The number of aryl methyl sites for hydroxylation is 1. The molecular weight excluding hydrogens is 410 g/mol. The summed E-state index contributed by atoms with van der Waals surface area (Å²) in [6, 6.07) is 18.8. The summed E-state index contributed by atoms with van der Waals surface area (Å²) >= 11 is 6.06. The number of nitrogens with one attached hydrogen (secondary N) is 1. The van der Waals surface area contributed by atoms with Crippen molar-refractivity contribution in [1.82, 2.24) is 0 Å². The normalized spacial score (nSPS) is 11.2. The van der Waals surface area contributed by atoms with Crippen molar-refractivity contribution in [2.45, 2.75) is 39.7 Å². The molecule has 3 rings (SSSR count). The van der Waals surface area contributed by atoms with Crippen molar-refractivity contribution in [2.24, 2.45) is 0 Å². The zero-order chi connectivity index (χ0) is 22.6. The summed E-state index contributed by atoms with van der Waals surface area (Å²) in [6.45, 7) is 8.74. The summed E-state index contributed by atoms with van der Waals surface area (Å²) < 4.78 is 11.4. The largest absolute Gasteiger partial charge is 0.496 e. The van der Waals surface area contributed by atoms with Crippen LogP contribution < -0.4 is 14.8 Å². The monoisotopic (exact) mass is 437 g/mol. The van der Waals surface area contributed by atoms with Crippen LogP contribution in [0.3, 0.4) is 0 Å². The Morgan fingerprint density at radius 1 is 1.00 bits per heavy atom. The van der Waals surface area contributed by atoms with Gasteiger partial charge in [0.25, 0.3) is 5.91 Å². The predicted octanol–water partition coefficient (Wildman–Crippen LogP) is 6.79. The Morgan fingerprint density at radius 2 is 1.71 bits per heavy atom. The standard InChI is InChI=1S/C26H28ClNO3/c1-17-6-10-21(27)15-23(17)28-25(29)18-7-13-24(30-5)19(14-18)16-31-22-11-8-20(9-12-22)26(2,3)4/h6-15H,16H2,1-5H3,(H,28,29). The van der Waals surface area contributed by atoms with Crippen molar-refractivity contribution >= 4 is 23.2 Å². The molecule has 3 aromatic rings. The van der Waals surface area contributed by atoms with E-state index in [0.29, 0.717) is 22.0 Å². The Labute approximate surface area is 189 Å². The molecule has 3 aromatic carbocycles. The first-order chi connectivity index (χ1) is 14.7. The van der Waals surface area contributed by atoms with E-state index in [9.17, 15) is 4.79 Å². The second-order valence-electron chi connectivity index (χ2n) is 8.50. The Kier molecular flexibility index (Phi) is 6.91. The fourth-order valence-corrected chi connectivity index (χ4v) is 3.34. The van der Waals surface area contributed by atoms with Crippen LogP contribution in [0.4, 0.5) is 5.69 Å². The van der Waals surface area contributed by atoms with Gasteiger partial charge in [-0.15, -0.1) is 0 Å². The number of hydrogen-bond donors (Lipinski definition) is 1. The van der Waals surface area contributed by atoms with Gasteiger partial charge in [-0.3, -0.25) is 4.79 Å². The fourth-order valence-electron chi connectivity index (χ4n) is 3.17. The highest BCUT2D eigenvalue weighted by Gasteiger charge is 2.14. The summed E-state index contributed by atoms with van der Waals surface area (Å²) in [4.78, 5) is 12.8. The van der Waals surface area contributed by atoms with Gasteiger partial charge in [0.2, 0.25) is 0 Å². The molecule has 0 radical (unpaired) electrons. The number of hydrogen-bond acceptors (Lipinski definition) is 3. The number of amides is 1. The molecule has 31 heavy (non-hydrogen) atoms. The lowest BCUT2D eigenvalue weighted by Gasteiger charge is -2.19. The molecular formula is C26H28ClNO3. The van der Waals surface area contributed by atoms with Gasteiger partial charge in [-0.1, -0.05) is 50.6 Å². The first kappa shape index (κ1) is 22.7. The first-order valence-electron chi connectivity index (χ1n) is 10.1. The molecule has 0 heterocycles. The summed E-state index contributed by atoms with van der Waals surface area (Å²) in [5, 5.41) is 3.49. The lowest BCUT2D eigenvalue weighted by Crippen LogP contribution is -2.13. The van der Waals surface area contributed by atoms with E-state index in [1.165, 1.54) is 5.56 Å². The van der Waals surface area contributed by atoms with Gasteiger partial charge in [-0.05, 0) is 65.9 Å². The van der Waals surface area contributed by atoms with Crippen LogP contribution >= 0.6 is 11.6 Å². The van der Waals surface area contributed by atoms with Gasteiger partial charge in [0.15, 0.2) is 0 Å². The van der Waals surface area contributed by atoms with Crippen LogP contribution in [0.5, 0.6) is 11.5 Å². The molecule has 0 saturated heterocycles. The molecule has 1 amide bonds. The molecule has 0 atom stereocenters. The number of halogens is 1. The maximum Gasteiger partial charge on any atom is 0.255 e. The summed E-state index contributed by atoms with van der Waals surface area (Å²) in [6.07, 6.45) is 0. The van der Waals surface area contributed by atoms with Crippen LogP contribution in [0, 0.1) is 6.92 Å². The van der Waals surface area contributed by atoms with E-state index >= 15 is 0 Å². The Morgan fingerprint density at radius 3 is 2.35 bits per heavy atom. The molecule has 0 aliphatic rings. The van der Waals surface area contributed by atoms with Crippen LogP contribution in [0.25, 0.3) is 0 Å². The Balaban J connectivity index is 1.75. The Bertz CT molecular complexity index is 1070. The number of ether oxygens (including phenoxy) is 2. The average Bonchev–Trinajstić information content (AvgIpc) is 2.74. The van der Waals surface area contributed by atoms with Gasteiger partial charge in [0.05, 0.1) is 7.11 Å². The van der Waals surface area contributed by atoms with Gasteiger partial charge in [0, 0.05) is 21.8 Å². The van der Waals surface area contributed by atoms with Crippen LogP contribution in [0.2, 0.25) is 5.02 Å². The van der Waals surface area contributed by atoms with Crippen molar-refractivity contribution in [1.29, 1.82) is 0 Å². The lowest BCUT2D eigenvalue weighted by atomic mass is 9.87. The van der Waals surface area contributed by atoms with Crippen molar-refractivity contribution in [2.75, 3.05) is 12.4 Å². The van der Waals surface area contributed by atoms with E-state index in [2.05, 4.69) is 38.2 Å². The minimum atomic E-state index is -0.219. The zero-order valence-electron chi connectivity index (χ0n) is 18.6. The summed E-state index contributed by atoms with van der Waals surface area (Å²) in [5.41, 5.74) is 4.26. The zero-order valence-corrected chi connectivity index (χ0v) is 19.3. The average molecular weight is 438 g/mol. The van der Waals surface area contributed by atoms with Gasteiger partial charge in [-0.25, -0.2) is 0 Å². The smallest absolute Gasteiger partial charge is 0.255 e. The number of carbonyl (C=O) groups excluding carboxylic acids is 1. The molecule has 0 aliphatic heterocycles. The van der Waals surface area contributed by atoms with E-state index in [1.54, 1.807) is 37.4 Å². The third kappa shape index (κ3) is 5.80. The molecule has 0 unspecified atom stereocenters. The van der Waals surface area contributed by atoms with Gasteiger partial charge < -0.3 is 14.8 Å². The van der Waals surface area contributed by atoms with Crippen molar-refractivity contribution in [3.63, 3.8) is 0 Å². The second-order valence-corrected chi connectivity index (χ2v) is 8.94. The van der Waals surface area contributed by atoms with Crippen LogP contribution in [0.1, 0.15) is 47.8 Å². The molecule has 4 nitrogen and oxygen atoms in total. The van der Waals surface area contributed by atoms with Gasteiger partial charge >= 0.3 is 0 Å². The highest BCUT2D eigenvalue weighted by Crippen LogP contribution is 2.27. The lowest BCUT2D eigenvalue weighted by molar-refractivity contribution is 0.102. The van der Waals surface area contributed by atoms with E-state index < -0.39 is 0 Å². The maximum atomic E-state index is 12.8. The molecule has 0 aromatic heterocycles. The molecule has 162 valence electrons. The molecule has 5 heteroatoms. The number of methoxy groups -OCH3 is 1. The van der Waals surface area contributed by atoms with Crippen molar-refractivity contribution < 1.29 is 14.3 Å². The SMILES string of the molecule is COc1ccc(C(=O)Nc2cc(Cl)ccc2C)cc1COc1ccc(C(C)(C)C)cc1. The van der Waals surface area contributed by atoms with Gasteiger partial charge in [0.1, 0.15) is 18.1 Å². The highest BCUT2D eigenvalue weighted by molar-refractivity contribution is 6.31. The molecule has 0 bridgehead atoms. The van der Waals surface area contributed by atoms with Crippen LogP contribution in [-0.4, -0.2) is 13.0 Å². The number of benzene rings is 3. The summed E-state index contributed by atoms with van der Waals surface area (Å²) in [7, 11) is 1.60. The number of anilines is 1. The van der Waals surface area contributed by atoms with Crippen molar-refractivity contribution in [3.05, 3.63) is 87.9 Å². The highest BCUT2D eigenvalue weighted by atomic mass is 35.5. The quantitative estimate of drug-likeness (QED) is 0.462. The van der Waals surface area contributed by atoms with Crippen LogP contribution in [0.15, 0.2) is 60.7 Å². The Hall–Kier alpha value is -2.98.